The molecular weight excluding hydrogens is 210 g/mol. The van der Waals surface area contributed by atoms with Gasteiger partial charge in [-0.25, -0.2) is 0 Å². The first-order valence-corrected chi connectivity index (χ1v) is 6.18. The zero-order valence-electron chi connectivity index (χ0n) is 9.84. The van der Waals surface area contributed by atoms with E-state index < -0.39 is 0 Å². The number of rotatable bonds is 1. The first-order valence-electron chi connectivity index (χ1n) is 6.18. The van der Waals surface area contributed by atoms with E-state index in [2.05, 4.69) is 34.1 Å². The van der Waals surface area contributed by atoms with E-state index in [1.165, 1.54) is 11.1 Å². The number of fused-ring (bicyclic) bond motifs is 1. The highest BCUT2D eigenvalue weighted by molar-refractivity contribution is 5.82. The van der Waals surface area contributed by atoms with Crippen LogP contribution >= 0.6 is 0 Å². The molecule has 0 amide bonds. The summed E-state index contributed by atoms with van der Waals surface area (Å²) in [5.41, 5.74) is 8.26. The van der Waals surface area contributed by atoms with Crippen molar-refractivity contribution in [2.24, 2.45) is 5.73 Å². The molecule has 1 fully saturated rings. The Kier molecular flexibility index (Phi) is 2.69. The van der Waals surface area contributed by atoms with Crippen LogP contribution in [0.3, 0.4) is 0 Å². The van der Waals surface area contributed by atoms with Gasteiger partial charge in [0.2, 0.25) is 0 Å². The van der Waals surface area contributed by atoms with Gasteiger partial charge in [-0.15, -0.1) is 0 Å². The molecule has 88 valence electrons. The molecule has 17 heavy (non-hydrogen) atoms. The monoisotopic (exact) mass is 227 g/mol. The van der Waals surface area contributed by atoms with Crippen LogP contribution in [0.2, 0.25) is 0 Å². The number of anilines is 1. The largest absolute Gasteiger partial charge is 0.371 e. The molecule has 0 spiro atoms. The molecule has 2 N–H and O–H groups in total. The fourth-order valence-corrected chi connectivity index (χ4v) is 2.41. The Morgan fingerprint density at radius 3 is 2.82 bits per heavy atom. The summed E-state index contributed by atoms with van der Waals surface area (Å²) in [6.45, 7) is 2.11. The number of hydrogen-bond acceptors (Lipinski definition) is 3. The van der Waals surface area contributed by atoms with E-state index in [9.17, 15) is 0 Å². The smallest absolute Gasteiger partial charge is 0.0722 e. The van der Waals surface area contributed by atoms with Crippen LogP contribution in [0.5, 0.6) is 0 Å². The normalized spacial score (nSPS) is 17.6. The van der Waals surface area contributed by atoms with Crippen molar-refractivity contribution in [1.29, 1.82) is 0 Å². The molecule has 1 aromatic carbocycles. The first-order chi connectivity index (χ1) is 8.33. The van der Waals surface area contributed by atoms with Gasteiger partial charge in [-0.3, -0.25) is 4.98 Å². The molecule has 1 aromatic heterocycles. The highest BCUT2D eigenvalue weighted by Gasteiger charge is 2.16. The zero-order valence-corrected chi connectivity index (χ0v) is 9.84. The fraction of sp³-hybridized carbons (Fsp3) is 0.357. The zero-order chi connectivity index (χ0) is 11.7. The standard InChI is InChI=1S/C14H17N3/c15-12-5-8-17(9-6-12)13-4-3-11-2-1-7-16-14(11)10-13/h1-4,7,10,12H,5-6,8-9,15H2. The molecule has 1 aliphatic rings. The minimum Gasteiger partial charge on any atom is -0.371 e. The lowest BCUT2D eigenvalue weighted by Gasteiger charge is -2.32. The average molecular weight is 227 g/mol. The molecule has 1 aliphatic heterocycles. The predicted octanol–water partition coefficient (Wildman–Crippen LogP) is 2.16. The van der Waals surface area contributed by atoms with Gasteiger partial charge in [0.15, 0.2) is 0 Å². The maximum Gasteiger partial charge on any atom is 0.0722 e. The second kappa shape index (κ2) is 4.34. The number of nitrogens with zero attached hydrogens (tertiary/aromatic N) is 2. The van der Waals surface area contributed by atoms with Crippen LogP contribution in [0, 0.1) is 0 Å². The Hall–Kier alpha value is -1.61. The topological polar surface area (TPSA) is 42.1 Å². The van der Waals surface area contributed by atoms with Gasteiger partial charge >= 0.3 is 0 Å². The minimum atomic E-state index is 0.379. The van der Waals surface area contributed by atoms with Crippen molar-refractivity contribution in [1.82, 2.24) is 4.98 Å². The van der Waals surface area contributed by atoms with Crippen LogP contribution in [-0.2, 0) is 0 Å². The van der Waals surface area contributed by atoms with Crippen molar-refractivity contribution in [3.63, 3.8) is 0 Å². The van der Waals surface area contributed by atoms with Crippen molar-refractivity contribution in [2.45, 2.75) is 18.9 Å². The Balaban J connectivity index is 1.90. The van der Waals surface area contributed by atoms with Gasteiger partial charge in [0.05, 0.1) is 5.52 Å². The van der Waals surface area contributed by atoms with E-state index in [4.69, 9.17) is 5.73 Å². The second-order valence-corrected chi connectivity index (χ2v) is 4.70. The molecule has 3 heteroatoms. The van der Waals surface area contributed by atoms with E-state index in [1.54, 1.807) is 0 Å². The maximum atomic E-state index is 5.93. The summed E-state index contributed by atoms with van der Waals surface area (Å²) < 4.78 is 0. The van der Waals surface area contributed by atoms with Crippen molar-refractivity contribution in [2.75, 3.05) is 18.0 Å². The molecule has 2 aromatic rings. The molecule has 2 heterocycles. The summed E-state index contributed by atoms with van der Waals surface area (Å²) in [4.78, 5) is 6.80. The highest BCUT2D eigenvalue weighted by Crippen LogP contribution is 2.23. The molecule has 0 saturated carbocycles. The predicted molar refractivity (Wildman–Crippen MR) is 71.2 cm³/mol. The summed E-state index contributed by atoms with van der Waals surface area (Å²) in [6, 6.07) is 10.9. The molecule has 3 rings (SSSR count). The second-order valence-electron chi connectivity index (χ2n) is 4.70. The van der Waals surface area contributed by atoms with Crippen LogP contribution in [0.1, 0.15) is 12.8 Å². The van der Waals surface area contributed by atoms with E-state index in [-0.39, 0.29) is 0 Å². The van der Waals surface area contributed by atoms with Crippen molar-refractivity contribution < 1.29 is 0 Å². The summed E-state index contributed by atoms with van der Waals surface area (Å²) >= 11 is 0. The summed E-state index contributed by atoms with van der Waals surface area (Å²) in [7, 11) is 0. The van der Waals surface area contributed by atoms with E-state index in [1.807, 2.05) is 12.3 Å². The Bertz CT molecular complexity index is 516. The van der Waals surface area contributed by atoms with Crippen molar-refractivity contribution >= 4 is 16.6 Å². The molecule has 1 saturated heterocycles. The van der Waals surface area contributed by atoms with Gasteiger partial charge in [0, 0.05) is 36.4 Å². The van der Waals surface area contributed by atoms with Crippen LogP contribution in [0.4, 0.5) is 5.69 Å². The average Bonchev–Trinajstić information content (AvgIpc) is 2.39. The van der Waals surface area contributed by atoms with E-state index >= 15 is 0 Å². The van der Waals surface area contributed by atoms with Crippen LogP contribution in [0.25, 0.3) is 10.9 Å². The number of aromatic nitrogens is 1. The lowest BCUT2D eigenvalue weighted by atomic mass is 10.1. The number of benzene rings is 1. The third kappa shape index (κ3) is 2.11. The van der Waals surface area contributed by atoms with Gasteiger partial charge in [-0.05, 0) is 31.0 Å². The van der Waals surface area contributed by atoms with Gasteiger partial charge in [0.1, 0.15) is 0 Å². The number of hydrogen-bond donors (Lipinski definition) is 1. The fourth-order valence-electron chi connectivity index (χ4n) is 2.41. The van der Waals surface area contributed by atoms with E-state index in [0.29, 0.717) is 6.04 Å². The molecule has 0 radical (unpaired) electrons. The minimum absolute atomic E-state index is 0.379. The molecular formula is C14H17N3. The lowest BCUT2D eigenvalue weighted by Crippen LogP contribution is -2.39. The highest BCUT2D eigenvalue weighted by atomic mass is 15.1. The Labute approximate surface area is 101 Å². The first kappa shape index (κ1) is 10.5. The lowest BCUT2D eigenvalue weighted by molar-refractivity contribution is 0.501. The summed E-state index contributed by atoms with van der Waals surface area (Å²) in [5.74, 6) is 0. The van der Waals surface area contributed by atoms with Crippen molar-refractivity contribution in [3.8, 4) is 0 Å². The molecule has 0 unspecified atom stereocenters. The van der Waals surface area contributed by atoms with Gasteiger partial charge < -0.3 is 10.6 Å². The van der Waals surface area contributed by atoms with Gasteiger partial charge in [0.25, 0.3) is 0 Å². The Morgan fingerprint density at radius 2 is 2.00 bits per heavy atom. The van der Waals surface area contributed by atoms with E-state index in [0.717, 1.165) is 31.4 Å². The van der Waals surface area contributed by atoms with Crippen LogP contribution < -0.4 is 10.6 Å². The summed E-state index contributed by atoms with van der Waals surface area (Å²) in [5, 5.41) is 1.20. The number of piperidine rings is 1. The maximum absolute atomic E-state index is 5.93. The summed E-state index contributed by atoms with van der Waals surface area (Å²) in [6.07, 6.45) is 4.01. The van der Waals surface area contributed by atoms with Gasteiger partial charge in [-0.2, -0.15) is 0 Å². The molecule has 0 aliphatic carbocycles. The molecule has 3 nitrogen and oxygen atoms in total. The number of nitrogens with two attached hydrogens (primary N) is 1. The quantitative estimate of drug-likeness (QED) is 0.811. The van der Waals surface area contributed by atoms with Gasteiger partial charge in [-0.1, -0.05) is 12.1 Å². The third-order valence-corrected chi connectivity index (χ3v) is 3.49. The Morgan fingerprint density at radius 1 is 1.18 bits per heavy atom. The van der Waals surface area contributed by atoms with Crippen LogP contribution in [-0.4, -0.2) is 24.1 Å². The van der Waals surface area contributed by atoms with Crippen molar-refractivity contribution in [3.05, 3.63) is 36.5 Å². The SMILES string of the molecule is NC1CCN(c2ccc3cccnc3c2)CC1. The van der Waals surface area contributed by atoms with Crippen LogP contribution in [0.15, 0.2) is 36.5 Å². The molecule has 0 bridgehead atoms. The molecule has 0 atom stereocenters. The number of pyridine rings is 1. The third-order valence-electron chi connectivity index (χ3n) is 3.49.